The Kier molecular flexibility index (Phi) is 4.68. The van der Waals surface area contributed by atoms with Gasteiger partial charge in [-0.1, -0.05) is 13.3 Å². The zero-order valence-electron chi connectivity index (χ0n) is 13.0. The van der Waals surface area contributed by atoms with E-state index in [4.69, 9.17) is 15.2 Å². The van der Waals surface area contributed by atoms with Gasteiger partial charge in [0.1, 0.15) is 0 Å². The van der Waals surface area contributed by atoms with Crippen LogP contribution in [0.2, 0.25) is 0 Å². The van der Waals surface area contributed by atoms with Gasteiger partial charge in [-0.25, -0.2) is 0 Å². The lowest BCUT2D eigenvalue weighted by Gasteiger charge is -2.48. The van der Waals surface area contributed by atoms with Gasteiger partial charge in [0, 0.05) is 25.9 Å². The van der Waals surface area contributed by atoms with Crippen LogP contribution in [0.5, 0.6) is 0 Å². The fourth-order valence-electron chi connectivity index (χ4n) is 4.76. The molecule has 0 amide bonds. The van der Waals surface area contributed by atoms with Crippen molar-refractivity contribution in [1.82, 2.24) is 0 Å². The maximum atomic E-state index is 6.48. The maximum Gasteiger partial charge on any atom is 0.0729 e. The minimum absolute atomic E-state index is 0.125. The second-order valence-electron chi connectivity index (χ2n) is 7.31. The number of rotatable bonds is 2. The van der Waals surface area contributed by atoms with Crippen LogP contribution < -0.4 is 5.73 Å². The molecular weight excluding hydrogens is 250 g/mol. The Morgan fingerprint density at radius 2 is 1.90 bits per heavy atom. The quantitative estimate of drug-likeness (QED) is 0.846. The largest absolute Gasteiger partial charge is 0.381 e. The van der Waals surface area contributed by atoms with Gasteiger partial charge in [-0.3, -0.25) is 0 Å². The highest BCUT2D eigenvalue weighted by atomic mass is 16.5. The van der Waals surface area contributed by atoms with Gasteiger partial charge in [0.15, 0.2) is 0 Å². The first-order valence-electron chi connectivity index (χ1n) is 8.70. The molecule has 3 rings (SSSR count). The Morgan fingerprint density at radius 1 is 1.10 bits per heavy atom. The van der Waals surface area contributed by atoms with Gasteiger partial charge >= 0.3 is 0 Å². The van der Waals surface area contributed by atoms with Gasteiger partial charge in [-0.2, -0.15) is 0 Å². The van der Waals surface area contributed by atoms with Crippen LogP contribution in [0.1, 0.15) is 58.3 Å². The number of hydrogen-bond acceptors (Lipinski definition) is 3. The monoisotopic (exact) mass is 281 g/mol. The molecule has 0 bridgehead atoms. The molecule has 2 heterocycles. The van der Waals surface area contributed by atoms with E-state index in [0.717, 1.165) is 50.4 Å². The lowest BCUT2D eigenvalue weighted by molar-refractivity contribution is -0.155. The standard InChI is InChI=1S/C17H31NO2/c1-2-13-3-4-16(18)15(11-13)14-5-8-20-17(12-14)6-9-19-10-7-17/h13-16H,2-12,18H2,1H3. The maximum absolute atomic E-state index is 6.48. The molecule has 3 heteroatoms. The predicted octanol–water partition coefficient (Wildman–Crippen LogP) is 3.12. The molecule has 3 fully saturated rings. The smallest absolute Gasteiger partial charge is 0.0729 e. The van der Waals surface area contributed by atoms with Crippen molar-refractivity contribution in [1.29, 1.82) is 0 Å². The molecule has 1 spiro atoms. The highest BCUT2D eigenvalue weighted by Crippen LogP contribution is 2.44. The molecular formula is C17H31NO2. The summed E-state index contributed by atoms with van der Waals surface area (Å²) in [5.74, 6) is 2.43. The Bertz CT molecular complexity index is 309. The van der Waals surface area contributed by atoms with Gasteiger partial charge < -0.3 is 15.2 Å². The second kappa shape index (κ2) is 6.33. The zero-order chi connectivity index (χ0) is 14.0. The van der Waals surface area contributed by atoms with E-state index in [-0.39, 0.29) is 5.60 Å². The van der Waals surface area contributed by atoms with Gasteiger partial charge in [-0.05, 0) is 62.7 Å². The molecule has 3 aliphatic rings. The zero-order valence-corrected chi connectivity index (χ0v) is 13.0. The molecule has 0 aromatic carbocycles. The van der Waals surface area contributed by atoms with Crippen LogP contribution in [0.25, 0.3) is 0 Å². The minimum atomic E-state index is 0.125. The molecule has 0 aromatic heterocycles. The second-order valence-corrected chi connectivity index (χ2v) is 7.31. The molecule has 2 saturated heterocycles. The molecule has 116 valence electrons. The molecule has 0 aromatic rings. The number of nitrogens with two attached hydrogens (primary N) is 1. The molecule has 1 saturated carbocycles. The summed E-state index contributed by atoms with van der Waals surface area (Å²) >= 11 is 0. The van der Waals surface area contributed by atoms with Crippen molar-refractivity contribution in [2.24, 2.45) is 23.5 Å². The number of ether oxygens (including phenoxy) is 2. The van der Waals surface area contributed by atoms with E-state index < -0.39 is 0 Å². The van der Waals surface area contributed by atoms with Crippen LogP contribution in [0, 0.1) is 17.8 Å². The third kappa shape index (κ3) is 3.05. The van der Waals surface area contributed by atoms with E-state index in [1.807, 2.05) is 0 Å². The predicted molar refractivity (Wildman–Crippen MR) is 80.6 cm³/mol. The molecule has 4 unspecified atom stereocenters. The van der Waals surface area contributed by atoms with E-state index in [2.05, 4.69) is 6.92 Å². The fraction of sp³-hybridized carbons (Fsp3) is 1.00. The molecule has 2 N–H and O–H groups in total. The molecule has 3 nitrogen and oxygen atoms in total. The molecule has 2 aliphatic heterocycles. The van der Waals surface area contributed by atoms with Crippen molar-refractivity contribution in [3.05, 3.63) is 0 Å². The van der Waals surface area contributed by atoms with Crippen molar-refractivity contribution in [2.75, 3.05) is 19.8 Å². The Balaban J connectivity index is 1.66. The Labute approximate surface area is 123 Å². The summed E-state index contributed by atoms with van der Waals surface area (Å²) < 4.78 is 11.7. The normalized spacial score (nSPS) is 41.7. The summed E-state index contributed by atoms with van der Waals surface area (Å²) in [6.07, 6.45) is 9.88. The summed E-state index contributed by atoms with van der Waals surface area (Å²) in [6, 6.07) is 0.429. The van der Waals surface area contributed by atoms with Crippen LogP contribution in [-0.2, 0) is 9.47 Å². The van der Waals surface area contributed by atoms with Gasteiger partial charge in [0.05, 0.1) is 5.60 Å². The van der Waals surface area contributed by atoms with E-state index in [0.29, 0.717) is 6.04 Å². The first-order valence-corrected chi connectivity index (χ1v) is 8.70. The van der Waals surface area contributed by atoms with E-state index >= 15 is 0 Å². The van der Waals surface area contributed by atoms with Crippen LogP contribution in [-0.4, -0.2) is 31.5 Å². The average Bonchev–Trinajstić information content (AvgIpc) is 2.48. The SMILES string of the molecule is CCC1CCC(N)C(C2CCOC3(CCOCC3)C2)C1. The van der Waals surface area contributed by atoms with E-state index in [1.165, 1.54) is 38.5 Å². The summed E-state index contributed by atoms with van der Waals surface area (Å²) in [5, 5.41) is 0. The van der Waals surface area contributed by atoms with Crippen molar-refractivity contribution in [3.63, 3.8) is 0 Å². The lowest BCUT2D eigenvalue weighted by atomic mass is 9.66. The fourth-order valence-corrected chi connectivity index (χ4v) is 4.76. The molecule has 20 heavy (non-hydrogen) atoms. The Morgan fingerprint density at radius 3 is 2.65 bits per heavy atom. The molecule has 0 radical (unpaired) electrons. The van der Waals surface area contributed by atoms with Crippen LogP contribution in [0.15, 0.2) is 0 Å². The highest BCUT2D eigenvalue weighted by molar-refractivity contribution is 4.94. The molecule has 1 aliphatic carbocycles. The lowest BCUT2D eigenvalue weighted by Crippen LogP contribution is -2.49. The first-order chi connectivity index (χ1) is 9.72. The van der Waals surface area contributed by atoms with Crippen molar-refractivity contribution in [2.45, 2.75) is 69.9 Å². The Hall–Kier alpha value is -0.120. The summed E-state index contributed by atoms with van der Waals surface area (Å²) in [4.78, 5) is 0. The summed E-state index contributed by atoms with van der Waals surface area (Å²) in [5.41, 5.74) is 6.60. The molecule has 4 atom stereocenters. The summed E-state index contributed by atoms with van der Waals surface area (Å²) in [7, 11) is 0. The van der Waals surface area contributed by atoms with Crippen molar-refractivity contribution < 1.29 is 9.47 Å². The minimum Gasteiger partial charge on any atom is -0.381 e. The van der Waals surface area contributed by atoms with Gasteiger partial charge in [-0.15, -0.1) is 0 Å². The van der Waals surface area contributed by atoms with E-state index in [1.54, 1.807) is 0 Å². The van der Waals surface area contributed by atoms with Gasteiger partial charge in [0.2, 0.25) is 0 Å². The third-order valence-corrected chi connectivity index (χ3v) is 6.18. The number of hydrogen-bond donors (Lipinski definition) is 1. The average molecular weight is 281 g/mol. The first kappa shape index (κ1) is 14.8. The van der Waals surface area contributed by atoms with E-state index in [9.17, 15) is 0 Å². The topological polar surface area (TPSA) is 44.5 Å². The van der Waals surface area contributed by atoms with Crippen molar-refractivity contribution in [3.8, 4) is 0 Å². The van der Waals surface area contributed by atoms with Crippen LogP contribution >= 0.6 is 0 Å². The van der Waals surface area contributed by atoms with Crippen LogP contribution in [0.3, 0.4) is 0 Å². The van der Waals surface area contributed by atoms with Crippen LogP contribution in [0.4, 0.5) is 0 Å². The summed E-state index contributed by atoms with van der Waals surface area (Å²) in [6.45, 7) is 5.02. The van der Waals surface area contributed by atoms with Crippen molar-refractivity contribution >= 4 is 0 Å². The highest BCUT2D eigenvalue weighted by Gasteiger charge is 2.43. The third-order valence-electron chi connectivity index (χ3n) is 6.18. The van der Waals surface area contributed by atoms with Gasteiger partial charge in [0.25, 0.3) is 0 Å².